The Labute approximate surface area is 102 Å². The van der Waals surface area contributed by atoms with Gasteiger partial charge in [0.1, 0.15) is 0 Å². The monoisotopic (exact) mass is 240 g/mol. The molecule has 0 spiro atoms. The van der Waals surface area contributed by atoms with Crippen LogP contribution in [-0.2, 0) is 0 Å². The molecular weight excluding hydrogens is 232 g/mol. The Kier molecular flexibility index (Phi) is 2.30. The van der Waals surface area contributed by atoms with Crippen molar-refractivity contribution in [2.75, 3.05) is 0 Å². The summed E-state index contributed by atoms with van der Waals surface area (Å²) in [6.07, 6.45) is 0. The minimum Gasteiger partial charge on any atom is -0.474 e. The van der Waals surface area contributed by atoms with Gasteiger partial charge in [0.15, 0.2) is 0 Å². The molecule has 0 aliphatic carbocycles. The molecule has 2 aromatic carbocycles. The highest BCUT2D eigenvalue weighted by Crippen LogP contribution is 2.27. The van der Waals surface area contributed by atoms with Crippen LogP contribution < -0.4 is 0 Å². The van der Waals surface area contributed by atoms with Crippen LogP contribution in [0, 0.1) is 0 Å². The first-order valence-corrected chi connectivity index (χ1v) is 5.30. The molecule has 0 fully saturated rings. The molecule has 1 aromatic heterocycles. The number of hydrogen-bond donors (Lipinski definition) is 1. The van der Waals surface area contributed by atoms with E-state index in [1.165, 1.54) is 0 Å². The van der Waals surface area contributed by atoms with E-state index < -0.39 is 11.9 Å². The van der Waals surface area contributed by atoms with Crippen molar-refractivity contribution in [3.8, 4) is 11.5 Å². The van der Waals surface area contributed by atoms with Gasteiger partial charge in [-0.05, 0) is 16.8 Å². The highest BCUT2D eigenvalue weighted by Gasteiger charge is 2.15. The molecule has 0 saturated heterocycles. The molecule has 0 atom stereocenters. The van der Waals surface area contributed by atoms with E-state index in [-0.39, 0.29) is 5.89 Å². The number of hydrogen-bond acceptors (Lipinski definition) is 4. The minimum atomic E-state index is -1.23. The van der Waals surface area contributed by atoms with Crippen molar-refractivity contribution in [1.82, 2.24) is 10.2 Å². The SMILES string of the molecule is O=C(O)c1nnc(-c2cccc3ccccc23)o1. The standard InChI is InChI=1S/C13H8N2O3/c16-13(17)12-15-14-11(18-12)10-7-3-5-8-4-1-2-6-9(8)10/h1-7H,(H,16,17). The molecule has 0 bridgehead atoms. The lowest BCUT2D eigenvalue weighted by molar-refractivity contribution is 0.0654. The van der Waals surface area contributed by atoms with Crippen LogP contribution >= 0.6 is 0 Å². The second-order valence-corrected chi connectivity index (χ2v) is 3.74. The van der Waals surface area contributed by atoms with Gasteiger partial charge in [0.05, 0.1) is 0 Å². The summed E-state index contributed by atoms with van der Waals surface area (Å²) in [6, 6.07) is 13.4. The molecule has 0 saturated carbocycles. The number of carbonyl (C=O) groups is 1. The van der Waals surface area contributed by atoms with Crippen molar-refractivity contribution in [3.05, 3.63) is 48.4 Å². The Balaban J connectivity index is 2.21. The molecule has 0 unspecified atom stereocenters. The van der Waals surface area contributed by atoms with E-state index in [9.17, 15) is 4.79 Å². The summed E-state index contributed by atoms with van der Waals surface area (Å²) < 4.78 is 5.12. The normalized spacial score (nSPS) is 10.7. The third-order valence-electron chi connectivity index (χ3n) is 2.63. The summed E-state index contributed by atoms with van der Waals surface area (Å²) in [5.74, 6) is -1.42. The van der Waals surface area contributed by atoms with Crippen LogP contribution in [0.1, 0.15) is 10.7 Å². The van der Waals surface area contributed by atoms with E-state index in [0.717, 1.165) is 16.3 Å². The largest absolute Gasteiger partial charge is 0.474 e. The quantitative estimate of drug-likeness (QED) is 0.745. The Morgan fingerprint density at radius 1 is 1.06 bits per heavy atom. The lowest BCUT2D eigenvalue weighted by Gasteiger charge is -2.01. The van der Waals surface area contributed by atoms with E-state index in [0.29, 0.717) is 0 Å². The number of rotatable bonds is 2. The molecular formula is C13H8N2O3. The lowest BCUT2D eigenvalue weighted by Crippen LogP contribution is -1.95. The van der Waals surface area contributed by atoms with Gasteiger partial charge in [-0.3, -0.25) is 0 Å². The molecule has 3 rings (SSSR count). The Morgan fingerprint density at radius 3 is 2.61 bits per heavy atom. The summed E-state index contributed by atoms with van der Waals surface area (Å²) in [4.78, 5) is 10.7. The summed E-state index contributed by atoms with van der Waals surface area (Å²) in [6.45, 7) is 0. The summed E-state index contributed by atoms with van der Waals surface area (Å²) in [7, 11) is 0. The van der Waals surface area contributed by atoms with Gasteiger partial charge < -0.3 is 9.52 Å². The van der Waals surface area contributed by atoms with Gasteiger partial charge in [-0.25, -0.2) is 4.79 Å². The van der Waals surface area contributed by atoms with Gasteiger partial charge in [-0.15, -0.1) is 10.2 Å². The number of aromatic carboxylic acids is 1. The minimum absolute atomic E-state index is 0.212. The van der Waals surface area contributed by atoms with Gasteiger partial charge in [-0.2, -0.15) is 0 Å². The van der Waals surface area contributed by atoms with Crippen LogP contribution in [0.5, 0.6) is 0 Å². The van der Waals surface area contributed by atoms with Crippen molar-refractivity contribution in [2.45, 2.75) is 0 Å². The molecule has 88 valence electrons. The Bertz CT molecular complexity index is 728. The van der Waals surface area contributed by atoms with Gasteiger partial charge in [0, 0.05) is 5.56 Å². The Morgan fingerprint density at radius 2 is 1.83 bits per heavy atom. The number of aromatic nitrogens is 2. The van der Waals surface area contributed by atoms with Crippen LogP contribution in [0.2, 0.25) is 0 Å². The van der Waals surface area contributed by atoms with Gasteiger partial charge >= 0.3 is 11.9 Å². The zero-order valence-corrected chi connectivity index (χ0v) is 9.20. The molecule has 5 heteroatoms. The summed E-state index contributed by atoms with van der Waals surface area (Å²) in [5, 5.41) is 18.0. The number of carboxylic acid groups (broad SMARTS) is 1. The predicted molar refractivity (Wildman–Crippen MR) is 64.2 cm³/mol. The molecule has 18 heavy (non-hydrogen) atoms. The second-order valence-electron chi connectivity index (χ2n) is 3.74. The number of carboxylic acids is 1. The van der Waals surface area contributed by atoms with Crippen LogP contribution in [-0.4, -0.2) is 21.3 Å². The molecule has 0 amide bonds. The van der Waals surface area contributed by atoms with E-state index in [1.54, 1.807) is 0 Å². The summed E-state index contributed by atoms with van der Waals surface area (Å²) in [5.41, 5.74) is 0.730. The zero-order chi connectivity index (χ0) is 12.5. The molecule has 0 aliphatic rings. The number of nitrogens with zero attached hydrogens (tertiary/aromatic N) is 2. The lowest BCUT2D eigenvalue weighted by atomic mass is 10.0. The zero-order valence-electron chi connectivity index (χ0n) is 9.20. The van der Waals surface area contributed by atoms with Gasteiger partial charge in [0.2, 0.25) is 5.89 Å². The molecule has 3 aromatic rings. The van der Waals surface area contributed by atoms with E-state index >= 15 is 0 Å². The second kappa shape index (κ2) is 3.96. The van der Waals surface area contributed by atoms with E-state index in [1.807, 2.05) is 42.5 Å². The van der Waals surface area contributed by atoms with Crippen molar-refractivity contribution < 1.29 is 14.3 Å². The first-order valence-electron chi connectivity index (χ1n) is 5.30. The van der Waals surface area contributed by atoms with Crippen molar-refractivity contribution in [1.29, 1.82) is 0 Å². The maximum absolute atomic E-state index is 10.7. The predicted octanol–water partition coefficient (Wildman–Crippen LogP) is 2.59. The fraction of sp³-hybridized carbons (Fsp3) is 0. The van der Waals surface area contributed by atoms with Crippen LogP contribution in [0.3, 0.4) is 0 Å². The molecule has 5 nitrogen and oxygen atoms in total. The average Bonchev–Trinajstić information content (AvgIpc) is 2.87. The maximum atomic E-state index is 10.7. The molecule has 1 heterocycles. The van der Waals surface area contributed by atoms with Crippen molar-refractivity contribution in [2.24, 2.45) is 0 Å². The van der Waals surface area contributed by atoms with Gasteiger partial charge in [0.25, 0.3) is 0 Å². The van der Waals surface area contributed by atoms with E-state index in [2.05, 4.69) is 10.2 Å². The third kappa shape index (κ3) is 1.62. The van der Waals surface area contributed by atoms with Crippen LogP contribution in [0.25, 0.3) is 22.2 Å². The van der Waals surface area contributed by atoms with Crippen molar-refractivity contribution in [3.63, 3.8) is 0 Å². The first kappa shape index (κ1) is 10.5. The average molecular weight is 240 g/mol. The van der Waals surface area contributed by atoms with Crippen LogP contribution in [0.15, 0.2) is 46.9 Å². The number of benzene rings is 2. The Hall–Kier alpha value is -2.69. The third-order valence-corrected chi connectivity index (χ3v) is 2.63. The fourth-order valence-electron chi connectivity index (χ4n) is 1.83. The summed E-state index contributed by atoms with van der Waals surface area (Å²) >= 11 is 0. The maximum Gasteiger partial charge on any atom is 0.393 e. The highest BCUT2D eigenvalue weighted by atomic mass is 16.4. The molecule has 1 N–H and O–H groups in total. The first-order chi connectivity index (χ1) is 8.75. The number of fused-ring (bicyclic) bond motifs is 1. The molecule has 0 radical (unpaired) electrons. The smallest absolute Gasteiger partial charge is 0.393 e. The fourth-order valence-corrected chi connectivity index (χ4v) is 1.83. The van der Waals surface area contributed by atoms with Crippen LogP contribution in [0.4, 0.5) is 0 Å². The highest BCUT2D eigenvalue weighted by molar-refractivity contribution is 5.94. The van der Waals surface area contributed by atoms with Gasteiger partial charge in [-0.1, -0.05) is 36.4 Å². The topological polar surface area (TPSA) is 76.2 Å². The van der Waals surface area contributed by atoms with E-state index in [4.69, 9.17) is 9.52 Å². The molecule has 0 aliphatic heterocycles. The van der Waals surface area contributed by atoms with Crippen molar-refractivity contribution >= 4 is 16.7 Å².